The summed E-state index contributed by atoms with van der Waals surface area (Å²) in [5.74, 6) is 2.57. The molecule has 2 aromatic heterocycles. The molecule has 1 aliphatic rings. The number of quaternary nitrogens is 1. The highest BCUT2D eigenvalue weighted by Crippen LogP contribution is 2.36. The van der Waals surface area contributed by atoms with Crippen molar-refractivity contribution >= 4 is 16.8 Å². The number of aromatic nitrogens is 3. The van der Waals surface area contributed by atoms with Gasteiger partial charge >= 0.3 is 0 Å². The van der Waals surface area contributed by atoms with Gasteiger partial charge in [0.2, 0.25) is 12.6 Å². The molecule has 1 N–H and O–H groups in total. The van der Waals surface area contributed by atoms with Crippen LogP contribution in [0.1, 0.15) is 13.8 Å². The SMILES string of the molecule is CC[NH+](CC)CCn1c2ccccc2n2cc(-c3ccc4c(c3)OCO4)nc12. The summed E-state index contributed by atoms with van der Waals surface area (Å²) in [4.78, 5) is 6.59. The topological polar surface area (TPSA) is 45.1 Å². The van der Waals surface area contributed by atoms with Crippen molar-refractivity contribution in [1.29, 1.82) is 0 Å². The van der Waals surface area contributed by atoms with Crippen LogP contribution >= 0.6 is 0 Å². The summed E-state index contributed by atoms with van der Waals surface area (Å²) >= 11 is 0. The van der Waals surface area contributed by atoms with E-state index in [9.17, 15) is 0 Å². The van der Waals surface area contributed by atoms with Crippen LogP contribution < -0.4 is 14.4 Å². The van der Waals surface area contributed by atoms with Crippen LogP contribution in [0.4, 0.5) is 0 Å². The number of benzene rings is 2. The Kier molecular flexibility index (Phi) is 4.20. The Hall–Kier alpha value is -2.99. The highest BCUT2D eigenvalue weighted by molar-refractivity contribution is 5.82. The fourth-order valence-corrected chi connectivity index (χ4v) is 4.03. The van der Waals surface area contributed by atoms with Gasteiger partial charge < -0.3 is 18.9 Å². The van der Waals surface area contributed by atoms with Crippen LogP contribution in [0.15, 0.2) is 48.7 Å². The number of nitrogens with one attached hydrogen (secondary N) is 1. The molecule has 0 spiro atoms. The predicted octanol–water partition coefficient (Wildman–Crippen LogP) is 2.61. The molecule has 4 aromatic rings. The van der Waals surface area contributed by atoms with Gasteiger partial charge in [-0.1, -0.05) is 12.1 Å². The van der Waals surface area contributed by atoms with Crippen molar-refractivity contribution in [2.75, 3.05) is 26.4 Å². The molecule has 0 saturated heterocycles. The minimum atomic E-state index is 0.285. The minimum Gasteiger partial charge on any atom is -0.454 e. The van der Waals surface area contributed by atoms with E-state index < -0.39 is 0 Å². The number of nitrogens with zero attached hydrogens (tertiary/aromatic N) is 3. The maximum Gasteiger partial charge on any atom is 0.231 e. The molecule has 0 fully saturated rings. The highest BCUT2D eigenvalue weighted by Gasteiger charge is 2.18. The van der Waals surface area contributed by atoms with Gasteiger partial charge in [0.1, 0.15) is 0 Å². The monoisotopic (exact) mass is 377 g/mol. The fourth-order valence-electron chi connectivity index (χ4n) is 4.03. The summed E-state index contributed by atoms with van der Waals surface area (Å²) in [6, 6.07) is 14.5. The molecule has 6 heteroatoms. The van der Waals surface area contributed by atoms with Crippen LogP contribution in [0.3, 0.4) is 0 Å². The Bertz CT molecular complexity index is 1140. The third-order valence-electron chi connectivity index (χ3n) is 5.72. The highest BCUT2D eigenvalue weighted by atomic mass is 16.7. The first-order valence-electron chi connectivity index (χ1n) is 9.98. The van der Waals surface area contributed by atoms with E-state index in [0.717, 1.165) is 54.7 Å². The first-order chi connectivity index (χ1) is 13.8. The standard InChI is InChI=1S/C22H24N4O2/c1-3-24(4-2)11-12-25-18-7-5-6-8-19(18)26-14-17(23-22(25)26)16-9-10-20-21(13-16)28-15-27-20/h5-10,13-14H,3-4,11-12,15H2,1-2H3/p+1. The summed E-state index contributed by atoms with van der Waals surface area (Å²) in [5.41, 5.74) is 4.40. The van der Waals surface area contributed by atoms with E-state index in [-0.39, 0.29) is 6.79 Å². The van der Waals surface area contributed by atoms with Crippen LogP contribution in [0.2, 0.25) is 0 Å². The number of fused-ring (bicyclic) bond motifs is 4. The molecule has 0 saturated carbocycles. The molecular weight excluding hydrogens is 352 g/mol. The molecule has 2 aromatic carbocycles. The molecule has 0 unspecified atom stereocenters. The van der Waals surface area contributed by atoms with Crippen molar-refractivity contribution in [3.8, 4) is 22.8 Å². The smallest absolute Gasteiger partial charge is 0.231 e. The van der Waals surface area contributed by atoms with E-state index in [2.05, 4.69) is 53.3 Å². The second kappa shape index (κ2) is 6.87. The minimum absolute atomic E-state index is 0.285. The van der Waals surface area contributed by atoms with E-state index >= 15 is 0 Å². The van der Waals surface area contributed by atoms with Gasteiger partial charge in [0, 0.05) is 11.8 Å². The van der Waals surface area contributed by atoms with Gasteiger partial charge in [-0.2, -0.15) is 0 Å². The average Bonchev–Trinajstić information content (AvgIpc) is 3.43. The Balaban J connectivity index is 1.60. The van der Waals surface area contributed by atoms with Gasteiger partial charge in [0.15, 0.2) is 11.5 Å². The number of rotatable bonds is 6. The third kappa shape index (κ3) is 2.72. The van der Waals surface area contributed by atoms with Crippen molar-refractivity contribution in [2.45, 2.75) is 20.4 Å². The number of likely N-dealkylation sites (N-methyl/N-ethyl adjacent to an activating group) is 1. The van der Waals surface area contributed by atoms with Crippen LogP contribution in [0.25, 0.3) is 28.1 Å². The van der Waals surface area contributed by atoms with E-state index in [1.807, 2.05) is 18.2 Å². The lowest BCUT2D eigenvalue weighted by molar-refractivity contribution is -0.897. The Morgan fingerprint density at radius 1 is 1.00 bits per heavy atom. The van der Waals surface area contributed by atoms with E-state index in [4.69, 9.17) is 14.5 Å². The van der Waals surface area contributed by atoms with E-state index in [0.29, 0.717) is 0 Å². The first-order valence-corrected chi connectivity index (χ1v) is 9.98. The summed E-state index contributed by atoms with van der Waals surface area (Å²) in [6.45, 7) is 9.10. The zero-order valence-electron chi connectivity index (χ0n) is 16.3. The average molecular weight is 377 g/mol. The number of imidazole rings is 2. The summed E-state index contributed by atoms with van der Waals surface area (Å²) in [5, 5.41) is 0. The van der Waals surface area contributed by atoms with Gasteiger partial charge in [-0.3, -0.25) is 4.40 Å². The Labute approximate surface area is 163 Å². The third-order valence-corrected chi connectivity index (χ3v) is 5.72. The zero-order chi connectivity index (χ0) is 19.1. The molecule has 6 nitrogen and oxygen atoms in total. The molecule has 0 bridgehead atoms. The van der Waals surface area contributed by atoms with Crippen molar-refractivity contribution in [3.05, 3.63) is 48.7 Å². The molecule has 0 atom stereocenters. The second-order valence-corrected chi connectivity index (χ2v) is 7.21. The molecule has 28 heavy (non-hydrogen) atoms. The molecule has 1 aliphatic heterocycles. The largest absolute Gasteiger partial charge is 0.454 e. The van der Waals surface area contributed by atoms with Gasteiger partial charge in [-0.05, 0) is 44.2 Å². The summed E-state index contributed by atoms with van der Waals surface area (Å²) < 4.78 is 15.5. The van der Waals surface area contributed by atoms with Crippen LogP contribution in [0, 0.1) is 0 Å². The quantitative estimate of drug-likeness (QED) is 0.562. The van der Waals surface area contributed by atoms with Crippen molar-refractivity contribution in [2.24, 2.45) is 0 Å². The zero-order valence-corrected chi connectivity index (χ0v) is 16.3. The normalized spacial score (nSPS) is 13.2. The number of hydrogen-bond acceptors (Lipinski definition) is 3. The van der Waals surface area contributed by atoms with Crippen LogP contribution in [-0.4, -0.2) is 40.4 Å². The van der Waals surface area contributed by atoms with Crippen molar-refractivity contribution in [1.82, 2.24) is 14.0 Å². The van der Waals surface area contributed by atoms with Crippen LogP contribution in [-0.2, 0) is 6.54 Å². The number of hydrogen-bond donors (Lipinski definition) is 1. The van der Waals surface area contributed by atoms with E-state index in [1.54, 1.807) is 4.90 Å². The maximum absolute atomic E-state index is 5.53. The molecule has 0 radical (unpaired) electrons. The Morgan fingerprint density at radius 2 is 1.79 bits per heavy atom. The number of para-hydroxylation sites is 2. The van der Waals surface area contributed by atoms with Crippen molar-refractivity contribution < 1.29 is 14.4 Å². The van der Waals surface area contributed by atoms with Crippen LogP contribution in [0.5, 0.6) is 11.5 Å². The van der Waals surface area contributed by atoms with Gasteiger partial charge in [0.25, 0.3) is 0 Å². The molecule has 3 heterocycles. The van der Waals surface area contributed by atoms with Gasteiger partial charge in [0.05, 0.1) is 42.9 Å². The van der Waals surface area contributed by atoms with Gasteiger partial charge in [-0.15, -0.1) is 0 Å². The molecular formula is C22H25N4O2+. The van der Waals surface area contributed by atoms with Gasteiger partial charge in [-0.25, -0.2) is 4.98 Å². The Morgan fingerprint density at radius 3 is 2.61 bits per heavy atom. The summed E-state index contributed by atoms with van der Waals surface area (Å²) in [7, 11) is 0. The first kappa shape index (κ1) is 17.1. The lowest BCUT2D eigenvalue weighted by Crippen LogP contribution is -3.11. The summed E-state index contributed by atoms with van der Waals surface area (Å²) in [6.07, 6.45) is 2.12. The maximum atomic E-state index is 5.53. The second-order valence-electron chi connectivity index (χ2n) is 7.21. The molecule has 0 aliphatic carbocycles. The number of ether oxygens (including phenoxy) is 2. The molecule has 5 rings (SSSR count). The predicted molar refractivity (Wildman–Crippen MR) is 109 cm³/mol. The molecule has 0 amide bonds. The fraction of sp³-hybridized carbons (Fsp3) is 0.318. The van der Waals surface area contributed by atoms with E-state index in [1.165, 1.54) is 11.0 Å². The molecule has 144 valence electrons. The lowest BCUT2D eigenvalue weighted by atomic mass is 10.1. The lowest BCUT2D eigenvalue weighted by Gasteiger charge is -2.15. The van der Waals surface area contributed by atoms with Crippen molar-refractivity contribution in [3.63, 3.8) is 0 Å².